The zero-order valence-corrected chi connectivity index (χ0v) is 9.12. The Morgan fingerprint density at radius 1 is 1.50 bits per heavy atom. The van der Waals surface area contributed by atoms with E-state index in [0.29, 0.717) is 18.4 Å². The van der Waals surface area contributed by atoms with Crippen LogP contribution in [0.1, 0.15) is 39.5 Å². The molecule has 0 radical (unpaired) electrons. The summed E-state index contributed by atoms with van der Waals surface area (Å²) in [7, 11) is 0. The second-order valence-electron chi connectivity index (χ2n) is 4.92. The van der Waals surface area contributed by atoms with Gasteiger partial charge in [0.2, 0.25) is 0 Å². The van der Waals surface area contributed by atoms with E-state index in [1.54, 1.807) is 0 Å². The van der Waals surface area contributed by atoms with E-state index in [4.69, 9.17) is 10.8 Å². The molecule has 14 heavy (non-hydrogen) atoms. The number of carbonyl (C=O) groups is 1. The lowest BCUT2D eigenvalue weighted by molar-refractivity contribution is -0.141. The molecule has 3 nitrogen and oxygen atoms in total. The van der Waals surface area contributed by atoms with Crippen LogP contribution in [-0.4, -0.2) is 17.6 Å². The molecular formula is C11H21NO2. The summed E-state index contributed by atoms with van der Waals surface area (Å²) in [6.07, 6.45) is 3.53. The van der Waals surface area contributed by atoms with Gasteiger partial charge in [-0.3, -0.25) is 4.79 Å². The van der Waals surface area contributed by atoms with Crippen molar-refractivity contribution >= 4 is 5.97 Å². The van der Waals surface area contributed by atoms with Crippen molar-refractivity contribution < 1.29 is 9.90 Å². The fourth-order valence-corrected chi connectivity index (χ4v) is 2.74. The standard InChI is InChI=1S/C11H21NO2/c1-8-3-4-9(2)11(5-8,7-12)6-10(13)14/h8-9H,3-7,12H2,1-2H3,(H,13,14). The maximum absolute atomic E-state index is 10.8. The molecule has 0 saturated heterocycles. The van der Waals surface area contributed by atoms with Crippen molar-refractivity contribution in [3.8, 4) is 0 Å². The summed E-state index contributed by atoms with van der Waals surface area (Å²) in [5.41, 5.74) is 5.63. The highest BCUT2D eigenvalue weighted by molar-refractivity contribution is 5.67. The van der Waals surface area contributed by atoms with Crippen LogP contribution in [0.2, 0.25) is 0 Å². The lowest BCUT2D eigenvalue weighted by Gasteiger charge is -2.43. The van der Waals surface area contributed by atoms with Gasteiger partial charge in [0, 0.05) is 0 Å². The highest BCUT2D eigenvalue weighted by Crippen LogP contribution is 2.45. The van der Waals surface area contributed by atoms with Gasteiger partial charge in [-0.1, -0.05) is 20.3 Å². The van der Waals surface area contributed by atoms with Crippen LogP contribution in [-0.2, 0) is 4.79 Å². The molecule has 1 fully saturated rings. The molecule has 0 bridgehead atoms. The Hall–Kier alpha value is -0.570. The zero-order chi connectivity index (χ0) is 10.8. The Morgan fingerprint density at radius 2 is 2.14 bits per heavy atom. The third-order valence-corrected chi connectivity index (χ3v) is 3.80. The van der Waals surface area contributed by atoms with E-state index in [-0.39, 0.29) is 11.8 Å². The molecule has 3 heteroatoms. The Morgan fingerprint density at radius 3 is 2.64 bits per heavy atom. The molecule has 0 amide bonds. The summed E-state index contributed by atoms with van der Waals surface area (Å²) >= 11 is 0. The number of hydrogen-bond donors (Lipinski definition) is 2. The highest BCUT2D eigenvalue weighted by atomic mass is 16.4. The first-order valence-corrected chi connectivity index (χ1v) is 5.42. The second-order valence-corrected chi connectivity index (χ2v) is 4.92. The van der Waals surface area contributed by atoms with E-state index in [2.05, 4.69) is 13.8 Å². The van der Waals surface area contributed by atoms with Crippen LogP contribution in [0.25, 0.3) is 0 Å². The number of nitrogens with two attached hydrogens (primary N) is 1. The lowest BCUT2D eigenvalue weighted by Crippen LogP contribution is -2.43. The van der Waals surface area contributed by atoms with Crippen molar-refractivity contribution in [1.29, 1.82) is 0 Å². The predicted molar refractivity (Wildman–Crippen MR) is 55.9 cm³/mol. The molecule has 3 N–H and O–H groups in total. The summed E-state index contributed by atoms with van der Waals surface area (Å²) in [6, 6.07) is 0. The van der Waals surface area contributed by atoms with Gasteiger partial charge in [-0.05, 0) is 36.6 Å². The molecule has 3 atom stereocenters. The van der Waals surface area contributed by atoms with Crippen molar-refractivity contribution in [3.05, 3.63) is 0 Å². The van der Waals surface area contributed by atoms with Gasteiger partial charge in [-0.15, -0.1) is 0 Å². The second kappa shape index (κ2) is 4.30. The molecule has 0 aromatic heterocycles. The summed E-state index contributed by atoms with van der Waals surface area (Å²) in [6.45, 7) is 4.84. The van der Waals surface area contributed by atoms with E-state index < -0.39 is 5.97 Å². The van der Waals surface area contributed by atoms with Gasteiger partial charge in [0.25, 0.3) is 0 Å². The van der Waals surface area contributed by atoms with E-state index >= 15 is 0 Å². The molecule has 1 aliphatic rings. The molecule has 3 unspecified atom stereocenters. The SMILES string of the molecule is CC1CCC(C)C(CN)(CC(=O)O)C1. The van der Waals surface area contributed by atoms with Gasteiger partial charge in [-0.25, -0.2) is 0 Å². The number of aliphatic carboxylic acids is 1. The van der Waals surface area contributed by atoms with Gasteiger partial charge >= 0.3 is 5.97 Å². The van der Waals surface area contributed by atoms with Crippen LogP contribution >= 0.6 is 0 Å². The normalized spacial score (nSPS) is 38.2. The van der Waals surface area contributed by atoms with Crippen LogP contribution < -0.4 is 5.73 Å². The van der Waals surface area contributed by atoms with Crippen molar-refractivity contribution in [1.82, 2.24) is 0 Å². The lowest BCUT2D eigenvalue weighted by atomic mass is 9.62. The quantitative estimate of drug-likeness (QED) is 0.729. The van der Waals surface area contributed by atoms with Crippen LogP contribution in [0.15, 0.2) is 0 Å². The molecule has 82 valence electrons. The number of carboxylic acids is 1. The summed E-state index contributed by atoms with van der Waals surface area (Å²) in [4.78, 5) is 10.8. The average molecular weight is 199 g/mol. The predicted octanol–water partition coefficient (Wildman–Crippen LogP) is 1.86. The highest BCUT2D eigenvalue weighted by Gasteiger charge is 2.41. The Labute approximate surface area is 85.7 Å². The van der Waals surface area contributed by atoms with Gasteiger partial charge in [0.15, 0.2) is 0 Å². The summed E-state index contributed by atoms with van der Waals surface area (Å²) in [5.74, 6) is 0.352. The third kappa shape index (κ3) is 2.27. The maximum atomic E-state index is 10.8. The number of rotatable bonds is 3. The fourth-order valence-electron chi connectivity index (χ4n) is 2.74. The Kier molecular flexibility index (Phi) is 3.53. The number of hydrogen-bond acceptors (Lipinski definition) is 2. The molecule has 1 rings (SSSR count). The molecule has 0 aliphatic heterocycles. The third-order valence-electron chi connectivity index (χ3n) is 3.80. The summed E-state index contributed by atoms with van der Waals surface area (Å²) < 4.78 is 0. The van der Waals surface area contributed by atoms with Crippen LogP contribution in [0, 0.1) is 17.3 Å². The van der Waals surface area contributed by atoms with E-state index in [1.807, 2.05) is 0 Å². The number of carboxylic acid groups (broad SMARTS) is 1. The van der Waals surface area contributed by atoms with Crippen LogP contribution in [0.4, 0.5) is 0 Å². The first-order valence-electron chi connectivity index (χ1n) is 5.42. The van der Waals surface area contributed by atoms with Gasteiger partial charge in [-0.2, -0.15) is 0 Å². The van der Waals surface area contributed by atoms with Crippen molar-refractivity contribution in [3.63, 3.8) is 0 Å². The molecule has 1 saturated carbocycles. The van der Waals surface area contributed by atoms with E-state index in [1.165, 1.54) is 6.42 Å². The van der Waals surface area contributed by atoms with Crippen molar-refractivity contribution in [2.45, 2.75) is 39.5 Å². The smallest absolute Gasteiger partial charge is 0.303 e. The maximum Gasteiger partial charge on any atom is 0.303 e. The van der Waals surface area contributed by atoms with Gasteiger partial charge in [0.1, 0.15) is 0 Å². The molecular weight excluding hydrogens is 178 g/mol. The largest absolute Gasteiger partial charge is 0.481 e. The minimum absolute atomic E-state index is 0.149. The van der Waals surface area contributed by atoms with Crippen molar-refractivity contribution in [2.24, 2.45) is 23.0 Å². The minimum Gasteiger partial charge on any atom is -0.481 e. The summed E-state index contributed by atoms with van der Waals surface area (Å²) in [5, 5.41) is 8.91. The topological polar surface area (TPSA) is 63.3 Å². The Balaban J connectivity index is 2.77. The van der Waals surface area contributed by atoms with E-state index in [9.17, 15) is 4.79 Å². The van der Waals surface area contributed by atoms with E-state index in [0.717, 1.165) is 12.8 Å². The minimum atomic E-state index is -0.712. The molecule has 1 aliphatic carbocycles. The monoisotopic (exact) mass is 199 g/mol. The van der Waals surface area contributed by atoms with Crippen LogP contribution in [0.3, 0.4) is 0 Å². The first kappa shape index (κ1) is 11.5. The molecule has 0 aromatic rings. The van der Waals surface area contributed by atoms with Gasteiger partial charge < -0.3 is 10.8 Å². The average Bonchev–Trinajstić information content (AvgIpc) is 2.10. The molecule has 0 spiro atoms. The first-order chi connectivity index (χ1) is 6.50. The molecule has 0 heterocycles. The van der Waals surface area contributed by atoms with Crippen LogP contribution in [0.5, 0.6) is 0 Å². The van der Waals surface area contributed by atoms with Crippen molar-refractivity contribution in [2.75, 3.05) is 6.54 Å². The molecule has 0 aromatic carbocycles. The Bertz CT molecular complexity index is 217. The fraction of sp³-hybridized carbons (Fsp3) is 0.909. The zero-order valence-electron chi connectivity index (χ0n) is 9.12. The van der Waals surface area contributed by atoms with Gasteiger partial charge in [0.05, 0.1) is 6.42 Å².